The van der Waals surface area contributed by atoms with Gasteiger partial charge >= 0.3 is 5.76 Å². The van der Waals surface area contributed by atoms with Gasteiger partial charge in [0.1, 0.15) is 0 Å². The normalized spacial score (nSPS) is 18.2. The highest BCUT2D eigenvalue weighted by Crippen LogP contribution is 2.49. The van der Waals surface area contributed by atoms with Crippen LogP contribution < -0.4 is 11.1 Å². The molecule has 1 atom stereocenters. The van der Waals surface area contributed by atoms with E-state index < -0.39 is 11.2 Å². The van der Waals surface area contributed by atoms with E-state index in [0.717, 1.165) is 49.2 Å². The maximum atomic E-state index is 13.7. The van der Waals surface area contributed by atoms with Crippen LogP contribution in [0.25, 0.3) is 22.5 Å². The third-order valence-corrected chi connectivity index (χ3v) is 6.99. The van der Waals surface area contributed by atoms with Gasteiger partial charge in [0, 0.05) is 12.1 Å². The highest BCUT2D eigenvalue weighted by molar-refractivity contribution is 5.92. The fourth-order valence-electron chi connectivity index (χ4n) is 4.95. The van der Waals surface area contributed by atoms with E-state index in [2.05, 4.69) is 35.8 Å². The molecule has 2 aromatic heterocycles. The number of oxazole rings is 1. The molecule has 1 aliphatic heterocycles. The molecular formula is C24H25N7O3. The molecule has 1 saturated carbocycles. The molecule has 6 rings (SSSR count). The molecule has 0 spiro atoms. The molecule has 174 valence electrons. The molecule has 0 unspecified atom stereocenters. The lowest BCUT2D eigenvalue weighted by Crippen LogP contribution is -2.41. The number of benzene rings is 2. The number of amides is 1. The van der Waals surface area contributed by atoms with Gasteiger partial charge in [-0.15, -0.1) is 10.2 Å². The number of fused-ring (bicyclic) bond motifs is 1. The maximum Gasteiger partial charge on any atom is 0.417 e. The van der Waals surface area contributed by atoms with Crippen molar-refractivity contribution >= 4 is 17.0 Å². The summed E-state index contributed by atoms with van der Waals surface area (Å²) in [5.74, 6) is 0.0367. The predicted molar refractivity (Wildman–Crippen MR) is 124 cm³/mol. The highest BCUT2D eigenvalue weighted by Gasteiger charge is 2.52. The Labute approximate surface area is 194 Å². The average molecular weight is 460 g/mol. The number of H-pyrrole nitrogens is 2. The molecule has 0 bridgehead atoms. The summed E-state index contributed by atoms with van der Waals surface area (Å²) in [6.45, 7) is 2.81. The smallest absolute Gasteiger partial charge is 0.408 e. The zero-order valence-electron chi connectivity index (χ0n) is 18.6. The molecule has 10 nitrogen and oxygen atoms in total. The number of hydrogen-bond donors (Lipinski definition) is 3. The zero-order chi connectivity index (χ0) is 23.1. The molecule has 10 heteroatoms. The van der Waals surface area contributed by atoms with E-state index in [1.165, 1.54) is 12.8 Å². The first-order valence-corrected chi connectivity index (χ1v) is 11.6. The van der Waals surface area contributed by atoms with Crippen LogP contribution in [0.5, 0.6) is 0 Å². The van der Waals surface area contributed by atoms with Gasteiger partial charge in [-0.2, -0.15) is 5.21 Å². The van der Waals surface area contributed by atoms with Crippen molar-refractivity contribution < 1.29 is 9.21 Å². The number of hydrogen-bond acceptors (Lipinski definition) is 7. The Bertz CT molecular complexity index is 1380. The molecule has 3 N–H and O–H groups in total. The molecule has 0 radical (unpaired) electrons. The van der Waals surface area contributed by atoms with Crippen molar-refractivity contribution in [1.82, 2.24) is 35.8 Å². The Morgan fingerprint density at radius 2 is 2.03 bits per heavy atom. The zero-order valence-corrected chi connectivity index (χ0v) is 18.6. The molecule has 34 heavy (non-hydrogen) atoms. The second-order valence-corrected chi connectivity index (χ2v) is 9.20. The Morgan fingerprint density at radius 1 is 1.18 bits per heavy atom. The van der Waals surface area contributed by atoms with Gasteiger partial charge in [0.05, 0.1) is 17.0 Å². The van der Waals surface area contributed by atoms with Crippen molar-refractivity contribution in [2.24, 2.45) is 0 Å². The number of aromatic nitrogens is 5. The number of tetrazole rings is 1. The van der Waals surface area contributed by atoms with Crippen LogP contribution in [0, 0.1) is 0 Å². The van der Waals surface area contributed by atoms with Gasteiger partial charge in [0.15, 0.2) is 5.58 Å². The van der Waals surface area contributed by atoms with Gasteiger partial charge in [-0.1, -0.05) is 24.3 Å². The van der Waals surface area contributed by atoms with Crippen LogP contribution in [0.2, 0.25) is 0 Å². The summed E-state index contributed by atoms with van der Waals surface area (Å²) in [4.78, 5) is 30.3. The molecule has 1 aliphatic carbocycles. The number of carbonyl (C=O) groups excluding carboxylic acids is 1. The summed E-state index contributed by atoms with van der Waals surface area (Å²) in [7, 11) is 0. The first kappa shape index (κ1) is 20.8. The average Bonchev–Trinajstić information content (AvgIpc) is 3.21. The lowest BCUT2D eigenvalue weighted by molar-refractivity contribution is -0.124. The molecule has 3 heterocycles. The SMILES string of the molecule is O=C(N[C@H](CN1CCCC1)c1cccc(-c2nn[nH]n2)c1)C1(c2ccc3oc(=O)[nH]c3c2)CC1. The van der Waals surface area contributed by atoms with E-state index in [1.807, 2.05) is 36.4 Å². The molecule has 4 aromatic rings. The van der Waals surface area contributed by atoms with E-state index in [4.69, 9.17) is 4.42 Å². The summed E-state index contributed by atoms with van der Waals surface area (Å²) in [6, 6.07) is 13.3. The number of nitrogens with one attached hydrogen (secondary N) is 3. The van der Waals surface area contributed by atoms with Crippen LogP contribution in [-0.4, -0.2) is 56.0 Å². The third kappa shape index (κ3) is 3.79. The second kappa shape index (κ2) is 8.21. The predicted octanol–water partition coefficient (Wildman–Crippen LogP) is 2.29. The van der Waals surface area contributed by atoms with Crippen LogP contribution in [0.4, 0.5) is 0 Å². The summed E-state index contributed by atoms with van der Waals surface area (Å²) < 4.78 is 5.12. The van der Waals surface area contributed by atoms with Gasteiger partial charge in [0.25, 0.3) is 0 Å². The lowest BCUT2D eigenvalue weighted by Gasteiger charge is -2.27. The molecule has 2 fully saturated rings. The van der Waals surface area contributed by atoms with Crippen LogP contribution in [0.1, 0.15) is 42.9 Å². The first-order chi connectivity index (χ1) is 16.6. The Morgan fingerprint density at radius 3 is 2.79 bits per heavy atom. The second-order valence-electron chi connectivity index (χ2n) is 9.20. The van der Waals surface area contributed by atoms with E-state index in [-0.39, 0.29) is 11.9 Å². The highest BCUT2D eigenvalue weighted by atomic mass is 16.4. The van der Waals surface area contributed by atoms with Crippen molar-refractivity contribution in [3.8, 4) is 11.4 Å². The number of aromatic amines is 2. The Balaban J connectivity index is 1.29. The van der Waals surface area contributed by atoms with Gasteiger partial charge < -0.3 is 14.6 Å². The molecular weight excluding hydrogens is 434 g/mol. The fourth-order valence-corrected chi connectivity index (χ4v) is 4.95. The third-order valence-electron chi connectivity index (χ3n) is 6.99. The van der Waals surface area contributed by atoms with E-state index >= 15 is 0 Å². The summed E-state index contributed by atoms with van der Waals surface area (Å²) >= 11 is 0. The minimum atomic E-state index is -0.586. The van der Waals surface area contributed by atoms with Gasteiger partial charge in [-0.05, 0) is 73.3 Å². The first-order valence-electron chi connectivity index (χ1n) is 11.6. The number of rotatable bonds is 7. The summed E-state index contributed by atoms with van der Waals surface area (Å²) in [5.41, 5.74) is 3.28. The number of nitrogens with zero attached hydrogens (tertiary/aromatic N) is 4. The minimum Gasteiger partial charge on any atom is -0.408 e. The van der Waals surface area contributed by atoms with E-state index in [0.29, 0.717) is 16.9 Å². The van der Waals surface area contributed by atoms with Crippen molar-refractivity contribution in [2.75, 3.05) is 19.6 Å². The van der Waals surface area contributed by atoms with Crippen LogP contribution in [-0.2, 0) is 10.2 Å². The Hall–Kier alpha value is -3.79. The van der Waals surface area contributed by atoms with Gasteiger partial charge in [0.2, 0.25) is 11.7 Å². The lowest BCUT2D eigenvalue weighted by atomic mass is 9.93. The van der Waals surface area contributed by atoms with Crippen LogP contribution in [0.3, 0.4) is 0 Å². The summed E-state index contributed by atoms with van der Waals surface area (Å²) in [5, 5.41) is 17.7. The van der Waals surface area contributed by atoms with Crippen molar-refractivity contribution in [1.29, 1.82) is 0 Å². The topological polar surface area (TPSA) is 133 Å². The van der Waals surface area contributed by atoms with Crippen LogP contribution in [0.15, 0.2) is 51.7 Å². The largest absolute Gasteiger partial charge is 0.417 e. The van der Waals surface area contributed by atoms with Crippen molar-refractivity contribution in [3.63, 3.8) is 0 Å². The summed E-state index contributed by atoms with van der Waals surface area (Å²) in [6.07, 6.45) is 3.89. The van der Waals surface area contributed by atoms with Gasteiger partial charge in [-0.25, -0.2) is 4.79 Å². The monoisotopic (exact) mass is 459 g/mol. The molecule has 1 amide bonds. The Kier molecular flexibility index (Phi) is 5.02. The molecule has 1 saturated heterocycles. The van der Waals surface area contributed by atoms with Crippen molar-refractivity contribution in [2.45, 2.75) is 37.1 Å². The van der Waals surface area contributed by atoms with E-state index in [9.17, 15) is 9.59 Å². The minimum absolute atomic E-state index is 0.00635. The standard InChI is InChI=1S/C24H25N7O3/c32-22(24(8-9-24)17-6-7-20-18(13-17)26-23(33)34-20)25-19(14-31-10-1-2-11-31)15-4-3-5-16(12-15)21-27-29-30-28-21/h3-7,12-13,19H,1-2,8-11,14H2,(H,25,32)(H,26,33)(H,27,28,29,30)/t19-/m1/s1. The fraction of sp³-hybridized carbons (Fsp3) is 0.375. The quantitative estimate of drug-likeness (QED) is 0.386. The maximum absolute atomic E-state index is 13.7. The van der Waals surface area contributed by atoms with E-state index in [1.54, 1.807) is 6.07 Å². The molecule has 2 aromatic carbocycles. The number of likely N-dealkylation sites (tertiary alicyclic amines) is 1. The van der Waals surface area contributed by atoms with Gasteiger partial charge in [-0.3, -0.25) is 9.78 Å². The van der Waals surface area contributed by atoms with Crippen LogP contribution >= 0.6 is 0 Å². The van der Waals surface area contributed by atoms with Crippen molar-refractivity contribution in [3.05, 3.63) is 64.1 Å². The number of carbonyl (C=O) groups is 1. The molecule has 2 aliphatic rings.